The molecule has 180 valence electrons. The fourth-order valence-electron chi connectivity index (χ4n) is 2.72. The van der Waals surface area contributed by atoms with Crippen LogP contribution in [0.3, 0.4) is 0 Å². The second-order valence-corrected chi connectivity index (χ2v) is 11.7. The van der Waals surface area contributed by atoms with Gasteiger partial charge in [-0.1, -0.05) is 0 Å². The van der Waals surface area contributed by atoms with Crippen LogP contribution in [-0.2, 0) is 20.0 Å². The van der Waals surface area contributed by atoms with Crippen molar-refractivity contribution in [1.29, 1.82) is 0 Å². The van der Waals surface area contributed by atoms with Crippen molar-refractivity contribution in [2.24, 2.45) is 5.73 Å². The highest BCUT2D eigenvalue weighted by molar-refractivity contribution is 9.11. The van der Waals surface area contributed by atoms with Crippen molar-refractivity contribution in [3.63, 3.8) is 0 Å². The Bertz CT molecular complexity index is 1510. The summed E-state index contributed by atoms with van der Waals surface area (Å²) in [5, 5.41) is 0. The first-order valence-electron chi connectivity index (χ1n) is 8.80. The monoisotopic (exact) mass is 641 g/mol. The molecule has 0 aliphatic carbocycles. The van der Waals surface area contributed by atoms with E-state index in [-0.39, 0.29) is 20.3 Å². The van der Waals surface area contributed by atoms with Gasteiger partial charge < -0.3 is 5.73 Å². The van der Waals surface area contributed by atoms with Crippen LogP contribution in [0, 0.1) is 17.5 Å². The second kappa shape index (κ2) is 9.56. The molecular formula is C19H12Br2F3N3O5S2. The maximum atomic E-state index is 13.6. The summed E-state index contributed by atoms with van der Waals surface area (Å²) in [6.07, 6.45) is 0. The fourth-order valence-corrected chi connectivity index (χ4v) is 5.96. The van der Waals surface area contributed by atoms with Crippen molar-refractivity contribution < 1.29 is 34.8 Å². The third kappa shape index (κ3) is 5.71. The van der Waals surface area contributed by atoms with Gasteiger partial charge in [-0.2, -0.15) is 0 Å². The maximum Gasteiger partial charge on any atom is 0.262 e. The van der Waals surface area contributed by atoms with Crippen LogP contribution in [0.25, 0.3) is 0 Å². The molecule has 0 spiro atoms. The van der Waals surface area contributed by atoms with Crippen molar-refractivity contribution in [1.82, 2.24) is 0 Å². The first-order chi connectivity index (χ1) is 15.7. The van der Waals surface area contributed by atoms with Crippen LogP contribution < -0.4 is 15.2 Å². The number of benzene rings is 3. The Kier molecular flexibility index (Phi) is 7.31. The average molecular weight is 643 g/mol. The number of rotatable bonds is 7. The number of sulfonamides is 2. The number of carbonyl (C=O) groups is 1. The van der Waals surface area contributed by atoms with Crippen molar-refractivity contribution in [2.75, 3.05) is 9.44 Å². The summed E-state index contributed by atoms with van der Waals surface area (Å²) in [6, 6.07) is 6.52. The molecule has 0 bridgehead atoms. The minimum atomic E-state index is -4.51. The summed E-state index contributed by atoms with van der Waals surface area (Å²) in [5.41, 5.74) is 4.33. The fraction of sp³-hybridized carbons (Fsp3) is 0. The highest BCUT2D eigenvalue weighted by Crippen LogP contribution is 2.32. The lowest BCUT2D eigenvalue weighted by Crippen LogP contribution is -2.21. The predicted molar refractivity (Wildman–Crippen MR) is 125 cm³/mol. The van der Waals surface area contributed by atoms with Gasteiger partial charge >= 0.3 is 0 Å². The van der Waals surface area contributed by atoms with Gasteiger partial charge in [0.05, 0.1) is 20.6 Å². The Morgan fingerprint density at radius 3 is 2.00 bits per heavy atom. The highest BCUT2D eigenvalue weighted by Gasteiger charge is 2.25. The Morgan fingerprint density at radius 1 is 0.794 bits per heavy atom. The molecule has 0 aliphatic heterocycles. The Balaban J connectivity index is 2.00. The van der Waals surface area contributed by atoms with Crippen LogP contribution in [0.5, 0.6) is 0 Å². The average Bonchev–Trinajstić information content (AvgIpc) is 2.70. The summed E-state index contributed by atoms with van der Waals surface area (Å²) >= 11 is 5.95. The van der Waals surface area contributed by atoms with E-state index < -0.39 is 58.8 Å². The van der Waals surface area contributed by atoms with E-state index in [0.29, 0.717) is 18.2 Å². The molecule has 0 aromatic heterocycles. The standard InChI is InChI=1S/C19H12Br2F3N3O5S2/c20-14-8-17(15(21)7-16(14)24)27-34(31,32)18-2-1-11(6-13(18)19(25)28)26-33(29,30)12-4-9(22)3-10(23)5-12/h1-8,26-27H,(H2,25,28). The lowest BCUT2D eigenvalue weighted by Gasteiger charge is -2.14. The van der Waals surface area contributed by atoms with Crippen LogP contribution >= 0.6 is 31.9 Å². The van der Waals surface area contributed by atoms with Gasteiger partial charge in [-0.25, -0.2) is 30.0 Å². The van der Waals surface area contributed by atoms with Crippen molar-refractivity contribution in [3.05, 3.63) is 80.5 Å². The van der Waals surface area contributed by atoms with Crippen molar-refractivity contribution in [2.45, 2.75) is 9.79 Å². The second-order valence-electron chi connectivity index (χ2n) is 6.64. The topological polar surface area (TPSA) is 135 Å². The molecule has 15 heteroatoms. The van der Waals surface area contributed by atoms with E-state index in [1.165, 1.54) is 0 Å². The molecule has 0 atom stereocenters. The van der Waals surface area contributed by atoms with Crippen LogP contribution in [0.1, 0.15) is 10.4 Å². The normalized spacial score (nSPS) is 11.8. The Morgan fingerprint density at radius 2 is 1.41 bits per heavy atom. The van der Waals surface area contributed by atoms with Gasteiger partial charge in [0.15, 0.2) is 0 Å². The van der Waals surface area contributed by atoms with Crippen molar-refractivity contribution in [3.8, 4) is 0 Å². The van der Waals surface area contributed by atoms with Crippen LogP contribution in [0.15, 0.2) is 67.3 Å². The van der Waals surface area contributed by atoms with Crippen molar-refractivity contribution >= 4 is 69.2 Å². The quantitative estimate of drug-likeness (QED) is 0.330. The summed E-state index contributed by atoms with van der Waals surface area (Å²) in [4.78, 5) is 10.6. The zero-order chi connectivity index (χ0) is 25.4. The smallest absolute Gasteiger partial charge is 0.262 e. The molecule has 0 fully saturated rings. The molecular weight excluding hydrogens is 631 g/mol. The van der Waals surface area contributed by atoms with E-state index in [9.17, 15) is 34.8 Å². The lowest BCUT2D eigenvalue weighted by atomic mass is 10.2. The van der Waals surface area contributed by atoms with E-state index in [2.05, 4.69) is 36.6 Å². The molecule has 0 saturated heterocycles. The number of primary amides is 1. The minimum Gasteiger partial charge on any atom is -0.366 e. The van der Waals surface area contributed by atoms with E-state index in [1.54, 1.807) is 0 Å². The highest BCUT2D eigenvalue weighted by atomic mass is 79.9. The van der Waals surface area contributed by atoms with Crippen LogP contribution in [0.4, 0.5) is 24.5 Å². The number of hydrogen-bond donors (Lipinski definition) is 3. The molecule has 0 aliphatic rings. The van der Waals surface area contributed by atoms with Gasteiger partial charge in [-0.05, 0) is 74.3 Å². The van der Waals surface area contributed by atoms with Gasteiger partial charge in [-0.15, -0.1) is 0 Å². The molecule has 3 rings (SSSR count). The Labute approximate surface area is 208 Å². The van der Waals surface area contributed by atoms with E-state index >= 15 is 0 Å². The largest absolute Gasteiger partial charge is 0.366 e. The zero-order valence-electron chi connectivity index (χ0n) is 16.4. The third-order valence-electron chi connectivity index (χ3n) is 4.19. The van der Waals surface area contributed by atoms with E-state index in [0.717, 1.165) is 30.3 Å². The molecule has 0 radical (unpaired) electrons. The number of hydrogen-bond acceptors (Lipinski definition) is 5. The third-order valence-corrected chi connectivity index (χ3v) is 8.24. The molecule has 3 aromatic rings. The summed E-state index contributed by atoms with van der Waals surface area (Å²) in [7, 11) is -8.97. The van der Waals surface area contributed by atoms with E-state index in [4.69, 9.17) is 5.73 Å². The van der Waals surface area contributed by atoms with Gasteiger partial charge in [0.1, 0.15) is 22.3 Å². The first kappa shape index (κ1) is 26.0. The number of halogens is 5. The Hall–Kier alpha value is -2.62. The SMILES string of the molecule is NC(=O)c1cc(NS(=O)(=O)c2cc(F)cc(F)c2)ccc1S(=O)(=O)Nc1cc(Br)c(F)cc1Br. The molecule has 0 unspecified atom stereocenters. The zero-order valence-corrected chi connectivity index (χ0v) is 21.2. The number of carbonyl (C=O) groups excluding carboxylic acids is 1. The number of nitrogens with two attached hydrogens (primary N) is 1. The molecule has 4 N–H and O–H groups in total. The number of nitrogens with one attached hydrogen (secondary N) is 2. The number of anilines is 2. The molecule has 3 aromatic carbocycles. The van der Waals surface area contributed by atoms with Gasteiger partial charge in [0.2, 0.25) is 5.91 Å². The summed E-state index contributed by atoms with van der Waals surface area (Å²) in [5.74, 6) is -4.14. The minimum absolute atomic E-state index is 0.0398. The van der Waals surface area contributed by atoms with Gasteiger partial charge in [0.25, 0.3) is 20.0 Å². The van der Waals surface area contributed by atoms with Gasteiger partial charge in [0, 0.05) is 16.2 Å². The summed E-state index contributed by atoms with van der Waals surface area (Å²) < 4.78 is 95.4. The molecule has 1 amide bonds. The van der Waals surface area contributed by atoms with E-state index in [1.807, 2.05) is 4.72 Å². The molecule has 0 heterocycles. The maximum absolute atomic E-state index is 13.6. The summed E-state index contributed by atoms with van der Waals surface area (Å²) in [6.45, 7) is 0. The molecule has 34 heavy (non-hydrogen) atoms. The first-order valence-corrected chi connectivity index (χ1v) is 13.3. The predicted octanol–water partition coefficient (Wildman–Crippen LogP) is 4.33. The van der Waals surface area contributed by atoms with Crippen LogP contribution in [-0.4, -0.2) is 22.7 Å². The number of amides is 1. The van der Waals surface area contributed by atoms with Crippen LogP contribution in [0.2, 0.25) is 0 Å². The molecule has 0 saturated carbocycles. The van der Waals surface area contributed by atoms with Gasteiger partial charge in [-0.3, -0.25) is 14.2 Å². The molecule has 8 nitrogen and oxygen atoms in total. The lowest BCUT2D eigenvalue weighted by molar-refractivity contribution is 0.0997.